The van der Waals surface area contributed by atoms with E-state index < -0.39 is 11.7 Å². The molecule has 2 amide bonds. The van der Waals surface area contributed by atoms with Crippen molar-refractivity contribution in [1.82, 2.24) is 10.2 Å². The second-order valence-electron chi connectivity index (χ2n) is 4.48. The molecule has 0 spiro atoms. The SMILES string of the molecule is CC(C)NC(=O)CN(C)C(=O)c1c(F)cccc1Cl. The van der Waals surface area contributed by atoms with Gasteiger partial charge in [-0.25, -0.2) is 4.39 Å². The highest BCUT2D eigenvalue weighted by atomic mass is 35.5. The van der Waals surface area contributed by atoms with Crippen molar-refractivity contribution in [2.45, 2.75) is 19.9 Å². The molecule has 0 bridgehead atoms. The maximum absolute atomic E-state index is 13.6. The van der Waals surface area contributed by atoms with Crippen molar-refractivity contribution in [3.63, 3.8) is 0 Å². The lowest BCUT2D eigenvalue weighted by Crippen LogP contribution is -2.41. The summed E-state index contributed by atoms with van der Waals surface area (Å²) >= 11 is 5.80. The van der Waals surface area contributed by atoms with Crippen LogP contribution >= 0.6 is 11.6 Å². The highest BCUT2D eigenvalue weighted by Crippen LogP contribution is 2.20. The molecule has 0 unspecified atom stereocenters. The molecule has 19 heavy (non-hydrogen) atoms. The molecule has 1 aromatic rings. The number of likely N-dealkylation sites (N-methyl/N-ethyl adjacent to an activating group) is 1. The Kier molecular flexibility index (Phi) is 5.30. The Hall–Kier alpha value is -1.62. The van der Waals surface area contributed by atoms with Crippen molar-refractivity contribution < 1.29 is 14.0 Å². The van der Waals surface area contributed by atoms with Crippen molar-refractivity contribution >= 4 is 23.4 Å². The van der Waals surface area contributed by atoms with E-state index in [4.69, 9.17) is 11.6 Å². The van der Waals surface area contributed by atoms with Gasteiger partial charge in [0.15, 0.2) is 0 Å². The van der Waals surface area contributed by atoms with E-state index in [2.05, 4.69) is 5.32 Å². The van der Waals surface area contributed by atoms with Gasteiger partial charge in [0.2, 0.25) is 5.91 Å². The summed E-state index contributed by atoms with van der Waals surface area (Å²) in [4.78, 5) is 24.7. The Morgan fingerprint density at radius 3 is 2.58 bits per heavy atom. The Labute approximate surface area is 116 Å². The van der Waals surface area contributed by atoms with Gasteiger partial charge in [0.05, 0.1) is 17.1 Å². The number of nitrogens with one attached hydrogen (secondary N) is 1. The van der Waals surface area contributed by atoms with Gasteiger partial charge in [-0.05, 0) is 26.0 Å². The molecular formula is C13H16ClFN2O2. The third-order valence-corrected chi connectivity index (χ3v) is 2.67. The number of benzene rings is 1. The molecule has 0 aliphatic rings. The first-order chi connectivity index (χ1) is 8.82. The van der Waals surface area contributed by atoms with Gasteiger partial charge in [0.25, 0.3) is 5.91 Å². The molecule has 6 heteroatoms. The lowest BCUT2D eigenvalue weighted by molar-refractivity contribution is -0.122. The molecule has 0 heterocycles. The minimum Gasteiger partial charge on any atom is -0.352 e. The van der Waals surface area contributed by atoms with Crippen molar-refractivity contribution in [2.24, 2.45) is 0 Å². The number of carbonyl (C=O) groups is 2. The molecule has 0 saturated heterocycles. The van der Waals surface area contributed by atoms with E-state index in [0.29, 0.717) is 0 Å². The van der Waals surface area contributed by atoms with E-state index >= 15 is 0 Å². The van der Waals surface area contributed by atoms with Crippen LogP contribution in [-0.4, -0.2) is 36.3 Å². The first-order valence-corrected chi connectivity index (χ1v) is 6.19. The normalized spacial score (nSPS) is 10.4. The van der Waals surface area contributed by atoms with Gasteiger partial charge >= 0.3 is 0 Å². The summed E-state index contributed by atoms with van der Waals surface area (Å²) in [7, 11) is 1.42. The van der Waals surface area contributed by atoms with E-state index in [-0.39, 0.29) is 29.1 Å². The van der Waals surface area contributed by atoms with Gasteiger partial charge < -0.3 is 10.2 Å². The minimum absolute atomic E-state index is 0.0203. The molecule has 0 atom stereocenters. The van der Waals surface area contributed by atoms with E-state index in [9.17, 15) is 14.0 Å². The Bertz CT molecular complexity index is 471. The van der Waals surface area contributed by atoms with Gasteiger partial charge in [-0.3, -0.25) is 9.59 Å². The molecule has 0 aliphatic heterocycles. The summed E-state index contributed by atoms with van der Waals surface area (Å²) in [6.07, 6.45) is 0. The van der Waals surface area contributed by atoms with Crippen LogP contribution in [0.5, 0.6) is 0 Å². The highest BCUT2D eigenvalue weighted by Gasteiger charge is 2.21. The second-order valence-corrected chi connectivity index (χ2v) is 4.89. The maximum Gasteiger partial charge on any atom is 0.258 e. The summed E-state index contributed by atoms with van der Waals surface area (Å²) < 4.78 is 13.6. The van der Waals surface area contributed by atoms with Crippen LogP contribution in [0.1, 0.15) is 24.2 Å². The Morgan fingerprint density at radius 1 is 1.42 bits per heavy atom. The molecule has 104 valence electrons. The number of halogens is 2. The van der Waals surface area contributed by atoms with E-state index in [1.165, 1.54) is 19.2 Å². The Balaban J connectivity index is 2.80. The quantitative estimate of drug-likeness (QED) is 0.921. The summed E-state index contributed by atoms with van der Waals surface area (Å²) in [5, 5.41) is 2.68. The van der Waals surface area contributed by atoms with Gasteiger partial charge in [-0.1, -0.05) is 17.7 Å². The lowest BCUT2D eigenvalue weighted by Gasteiger charge is -2.18. The minimum atomic E-state index is -0.700. The maximum atomic E-state index is 13.6. The third kappa shape index (κ3) is 4.21. The summed E-state index contributed by atoms with van der Waals surface area (Å²) in [5.41, 5.74) is -0.219. The van der Waals surface area contributed by atoms with Gasteiger partial charge in [0, 0.05) is 13.1 Å². The van der Waals surface area contributed by atoms with Crippen LogP contribution in [0.4, 0.5) is 4.39 Å². The topological polar surface area (TPSA) is 49.4 Å². The number of rotatable bonds is 4. The number of amides is 2. The fourth-order valence-electron chi connectivity index (χ4n) is 1.55. The molecule has 0 aromatic heterocycles. The van der Waals surface area contributed by atoms with Crippen molar-refractivity contribution in [2.75, 3.05) is 13.6 Å². The van der Waals surface area contributed by atoms with Crippen LogP contribution in [0.15, 0.2) is 18.2 Å². The van der Waals surface area contributed by atoms with Crippen LogP contribution in [0.2, 0.25) is 5.02 Å². The largest absolute Gasteiger partial charge is 0.352 e. The molecule has 0 radical (unpaired) electrons. The molecule has 0 fully saturated rings. The molecule has 1 aromatic carbocycles. The van der Waals surface area contributed by atoms with Crippen LogP contribution < -0.4 is 5.32 Å². The van der Waals surface area contributed by atoms with E-state index in [1.54, 1.807) is 0 Å². The number of hydrogen-bond donors (Lipinski definition) is 1. The summed E-state index contributed by atoms with van der Waals surface area (Å²) in [5.74, 6) is -1.63. The smallest absolute Gasteiger partial charge is 0.258 e. The zero-order chi connectivity index (χ0) is 14.6. The Morgan fingerprint density at radius 2 is 2.05 bits per heavy atom. The van der Waals surface area contributed by atoms with Crippen LogP contribution in [0.3, 0.4) is 0 Å². The third-order valence-electron chi connectivity index (χ3n) is 2.35. The fraction of sp³-hybridized carbons (Fsp3) is 0.385. The highest BCUT2D eigenvalue weighted by molar-refractivity contribution is 6.33. The molecule has 0 aliphatic carbocycles. The van der Waals surface area contributed by atoms with Crippen LogP contribution in [-0.2, 0) is 4.79 Å². The predicted octanol–water partition coefficient (Wildman–Crippen LogP) is 2.08. The molecule has 0 saturated carbocycles. The van der Waals surface area contributed by atoms with Crippen molar-refractivity contribution in [3.8, 4) is 0 Å². The van der Waals surface area contributed by atoms with E-state index in [0.717, 1.165) is 11.0 Å². The molecule has 4 nitrogen and oxygen atoms in total. The lowest BCUT2D eigenvalue weighted by atomic mass is 10.2. The van der Waals surface area contributed by atoms with Gasteiger partial charge in [0.1, 0.15) is 5.82 Å². The first kappa shape index (κ1) is 15.4. The number of nitrogens with zero attached hydrogens (tertiary/aromatic N) is 1. The van der Waals surface area contributed by atoms with Gasteiger partial charge in [-0.15, -0.1) is 0 Å². The van der Waals surface area contributed by atoms with Crippen molar-refractivity contribution in [1.29, 1.82) is 0 Å². The van der Waals surface area contributed by atoms with Crippen LogP contribution in [0, 0.1) is 5.82 Å². The summed E-state index contributed by atoms with van der Waals surface area (Å²) in [6, 6.07) is 3.98. The van der Waals surface area contributed by atoms with Crippen molar-refractivity contribution in [3.05, 3.63) is 34.6 Å². The molecule has 1 rings (SSSR count). The van der Waals surface area contributed by atoms with E-state index in [1.807, 2.05) is 13.8 Å². The average molecular weight is 287 g/mol. The number of carbonyl (C=O) groups excluding carboxylic acids is 2. The van der Waals surface area contributed by atoms with Crippen LogP contribution in [0.25, 0.3) is 0 Å². The number of hydrogen-bond acceptors (Lipinski definition) is 2. The summed E-state index contributed by atoms with van der Waals surface area (Å²) in [6.45, 7) is 3.47. The first-order valence-electron chi connectivity index (χ1n) is 5.81. The molecule has 1 N–H and O–H groups in total. The zero-order valence-corrected chi connectivity index (χ0v) is 11.8. The second kappa shape index (κ2) is 6.52. The monoisotopic (exact) mass is 286 g/mol. The standard InChI is InChI=1S/C13H16ClFN2O2/c1-8(2)16-11(18)7-17(3)13(19)12-9(14)5-4-6-10(12)15/h4-6,8H,7H2,1-3H3,(H,16,18). The zero-order valence-electron chi connectivity index (χ0n) is 11.0. The van der Waals surface area contributed by atoms with Gasteiger partial charge in [-0.2, -0.15) is 0 Å². The molecular weight excluding hydrogens is 271 g/mol. The predicted molar refractivity (Wildman–Crippen MR) is 71.6 cm³/mol. The fourth-order valence-corrected chi connectivity index (χ4v) is 1.79. The average Bonchev–Trinajstić information content (AvgIpc) is 2.26.